The van der Waals surface area contributed by atoms with Crippen molar-refractivity contribution in [2.75, 3.05) is 7.05 Å². The second kappa shape index (κ2) is 5.57. The van der Waals surface area contributed by atoms with Crippen LogP contribution in [0.4, 0.5) is 8.78 Å². The molecule has 0 aliphatic carbocycles. The number of benzene rings is 1. The molecule has 2 aliphatic rings. The molecule has 7 heteroatoms. The maximum absolute atomic E-state index is 13.2. The second-order valence-electron chi connectivity index (χ2n) is 5.66. The van der Waals surface area contributed by atoms with Crippen molar-refractivity contribution in [1.29, 1.82) is 0 Å². The standard InChI is InChI=1S/C16H15F2N3O2/c1-8-14(22)13-15(21(2)16(8)23)20-12(19-13)4-3-9-5-10(17)7-11(18)6-9/h3-8,13,15H,1-2H3,(H,19,20)/b4-3+. The number of halogens is 2. The van der Waals surface area contributed by atoms with Crippen LogP contribution >= 0.6 is 0 Å². The van der Waals surface area contributed by atoms with E-state index < -0.39 is 29.8 Å². The number of aliphatic imine (C=N–C) groups is 1. The molecule has 0 spiro atoms. The Morgan fingerprint density at radius 3 is 2.48 bits per heavy atom. The molecule has 5 nitrogen and oxygen atoms in total. The number of likely N-dealkylation sites (tertiary alicyclic amines) is 1. The number of hydrogen-bond donors (Lipinski definition) is 1. The van der Waals surface area contributed by atoms with Crippen LogP contribution in [0, 0.1) is 17.6 Å². The summed E-state index contributed by atoms with van der Waals surface area (Å²) in [6.07, 6.45) is 2.43. The summed E-state index contributed by atoms with van der Waals surface area (Å²) >= 11 is 0. The van der Waals surface area contributed by atoms with Gasteiger partial charge in [-0.15, -0.1) is 0 Å². The molecule has 0 aromatic heterocycles. The number of carbonyl (C=O) groups is 2. The highest BCUT2D eigenvalue weighted by Gasteiger charge is 2.47. The Kier molecular flexibility index (Phi) is 3.71. The van der Waals surface area contributed by atoms with E-state index in [0.29, 0.717) is 11.4 Å². The average molecular weight is 319 g/mol. The Labute approximate surface area is 131 Å². The molecule has 1 amide bonds. The van der Waals surface area contributed by atoms with Crippen molar-refractivity contribution in [3.63, 3.8) is 0 Å². The summed E-state index contributed by atoms with van der Waals surface area (Å²) in [7, 11) is 1.60. The summed E-state index contributed by atoms with van der Waals surface area (Å²) in [4.78, 5) is 29.8. The Hall–Kier alpha value is -2.57. The Balaban J connectivity index is 1.82. The Morgan fingerprint density at radius 1 is 1.17 bits per heavy atom. The molecule has 2 heterocycles. The Morgan fingerprint density at radius 2 is 1.83 bits per heavy atom. The molecule has 120 valence electrons. The fourth-order valence-corrected chi connectivity index (χ4v) is 2.78. The minimum absolute atomic E-state index is 0.206. The van der Waals surface area contributed by atoms with Gasteiger partial charge in [-0.1, -0.05) is 6.08 Å². The summed E-state index contributed by atoms with van der Waals surface area (Å²) in [5.41, 5.74) is 0.339. The highest BCUT2D eigenvalue weighted by atomic mass is 19.1. The quantitative estimate of drug-likeness (QED) is 0.837. The highest BCUT2D eigenvalue weighted by Crippen LogP contribution is 2.24. The van der Waals surface area contributed by atoms with Gasteiger partial charge >= 0.3 is 0 Å². The van der Waals surface area contributed by atoms with Crippen LogP contribution in [-0.4, -0.2) is 41.7 Å². The summed E-state index contributed by atoms with van der Waals surface area (Å²) in [5, 5.41) is 2.96. The third kappa shape index (κ3) is 2.74. The van der Waals surface area contributed by atoms with E-state index in [9.17, 15) is 18.4 Å². The van der Waals surface area contributed by atoms with Gasteiger partial charge in [0.1, 0.15) is 23.5 Å². The average Bonchev–Trinajstić information content (AvgIpc) is 2.92. The van der Waals surface area contributed by atoms with Gasteiger partial charge < -0.3 is 10.2 Å². The number of likely N-dealkylation sites (N-methyl/N-ethyl adjacent to an activating group) is 1. The number of rotatable bonds is 2. The first kappa shape index (κ1) is 15.3. The predicted octanol–water partition coefficient (Wildman–Crippen LogP) is 1.35. The van der Waals surface area contributed by atoms with Gasteiger partial charge in [0, 0.05) is 13.1 Å². The largest absolute Gasteiger partial charge is 0.357 e. The second-order valence-corrected chi connectivity index (χ2v) is 5.66. The number of amides is 1. The van der Waals surface area contributed by atoms with Crippen molar-refractivity contribution in [2.24, 2.45) is 10.9 Å². The molecule has 3 atom stereocenters. The van der Waals surface area contributed by atoms with Gasteiger partial charge in [-0.3, -0.25) is 9.59 Å². The van der Waals surface area contributed by atoms with Gasteiger partial charge in [0.25, 0.3) is 0 Å². The van der Waals surface area contributed by atoms with Crippen molar-refractivity contribution in [1.82, 2.24) is 10.2 Å². The van der Waals surface area contributed by atoms with Crippen molar-refractivity contribution in [3.05, 3.63) is 41.5 Å². The first-order valence-corrected chi connectivity index (χ1v) is 7.16. The molecule has 0 bridgehead atoms. The number of piperidine rings is 1. The zero-order chi connectivity index (χ0) is 16.7. The van der Waals surface area contributed by atoms with Gasteiger partial charge in [-0.05, 0) is 30.7 Å². The maximum Gasteiger partial charge on any atom is 0.234 e. The minimum Gasteiger partial charge on any atom is -0.357 e. The van der Waals surface area contributed by atoms with E-state index in [1.54, 1.807) is 14.0 Å². The zero-order valence-corrected chi connectivity index (χ0v) is 12.6. The molecule has 0 saturated carbocycles. The fraction of sp³-hybridized carbons (Fsp3) is 0.312. The summed E-state index contributed by atoms with van der Waals surface area (Å²) in [6, 6.07) is 2.57. The van der Waals surface area contributed by atoms with Gasteiger partial charge in [0.2, 0.25) is 5.91 Å². The third-order valence-electron chi connectivity index (χ3n) is 4.04. The predicted molar refractivity (Wildman–Crippen MR) is 80.5 cm³/mol. The van der Waals surface area contributed by atoms with Gasteiger partial charge in [0.05, 0.1) is 5.92 Å². The fourth-order valence-electron chi connectivity index (χ4n) is 2.78. The Bertz CT molecular complexity index is 725. The summed E-state index contributed by atoms with van der Waals surface area (Å²) < 4.78 is 26.3. The van der Waals surface area contributed by atoms with Gasteiger partial charge in [-0.2, -0.15) is 0 Å². The molecule has 3 rings (SSSR count). The van der Waals surface area contributed by atoms with E-state index in [4.69, 9.17) is 0 Å². The molecular formula is C16H15F2N3O2. The maximum atomic E-state index is 13.2. The van der Waals surface area contributed by atoms with Crippen LogP contribution in [-0.2, 0) is 9.59 Å². The van der Waals surface area contributed by atoms with Crippen LogP contribution in [0.1, 0.15) is 12.5 Å². The highest BCUT2D eigenvalue weighted by molar-refractivity contribution is 6.10. The molecule has 1 fully saturated rings. The molecule has 3 unspecified atom stereocenters. The first-order valence-electron chi connectivity index (χ1n) is 7.16. The minimum atomic E-state index is -0.704. The number of ketones is 1. The van der Waals surface area contributed by atoms with E-state index in [-0.39, 0.29) is 11.7 Å². The number of fused-ring (bicyclic) bond motifs is 1. The van der Waals surface area contributed by atoms with Crippen molar-refractivity contribution in [3.8, 4) is 0 Å². The normalized spacial score (nSPS) is 27.2. The number of nitrogens with zero attached hydrogens (tertiary/aromatic N) is 2. The lowest BCUT2D eigenvalue weighted by Crippen LogP contribution is -2.59. The van der Waals surface area contributed by atoms with Crippen molar-refractivity contribution in [2.45, 2.75) is 19.1 Å². The lowest BCUT2D eigenvalue weighted by atomic mass is 9.92. The molecule has 0 radical (unpaired) electrons. The molecule has 23 heavy (non-hydrogen) atoms. The van der Waals surface area contributed by atoms with Crippen LogP contribution in [0.3, 0.4) is 0 Å². The third-order valence-corrected chi connectivity index (χ3v) is 4.04. The van der Waals surface area contributed by atoms with Crippen molar-refractivity contribution < 1.29 is 18.4 Å². The van der Waals surface area contributed by atoms with E-state index in [1.165, 1.54) is 29.2 Å². The summed E-state index contributed by atoms with van der Waals surface area (Å²) in [6.45, 7) is 1.57. The first-order chi connectivity index (χ1) is 10.9. The van der Waals surface area contributed by atoms with Crippen LogP contribution in [0.2, 0.25) is 0 Å². The molecule has 1 saturated heterocycles. The molecule has 2 aliphatic heterocycles. The number of hydrogen-bond acceptors (Lipinski definition) is 4. The van der Waals surface area contributed by atoms with E-state index in [1.807, 2.05) is 0 Å². The van der Waals surface area contributed by atoms with Crippen LogP contribution < -0.4 is 5.32 Å². The number of nitrogens with one attached hydrogen (secondary N) is 1. The molecule has 1 N–H and O–H groups in total. The molecule has 1 aromatic rings. The monoisotopic (exact) mass is 319 g/mol. The summed E-state index contributed by atoms with van der Waals surface area (Å²) in [5.74, 6) is -2.12. The lowest BCUT2D eigenvalue weighted by Gasteiger charge is -2.34. The van der Waals surface area contributed by atoms with Gasteiger partial charge in [-0.25, -0.2) is 13.8 Å². The van der Waals surface area contributed by atoms with E-state index in [2.05, 4.69) is 10.3 Å². The zero-order valence-electron chi connectivity index (χ0n) is 12.6. The van der Waals surface area contributed by atoms with Crippen LogP contribution in [0.25, 0.3) is 6.08 Å². The lowest BCUT2D eigenvalue weighted by molar-refractivity contribution is -0.147. The van der Waals surface area contributed by atoms with Crippen LogP contribution in [0.15, 0.2) is 29.3 Å². The number of Topliss-reactive ketones (excluding diaryl/α,β-unsaturated/α-hetero) is 1. The topological polar surface area (TPSA) is 61.8 Å². The number of amidine groups is 1. The van der Waals surface area contributed by atoms with E-state index >= 15 is 0 Å². The number of carbonyl (C=O) groups excluding carboxylic acids is 2. The smallest absolute Gasteiger partial charge is 0.234 e. The van der Waals surface area contributed by atoms with Crippen LogP contribution in [0.5, 0.6) is 0 Å². The SMILES string of the molecule is CC1C(=O)C2NC(/C=C/c3cc(F)cc(F)c3)=NC2N(C)C1=O. The van der Waals surface area contributed by atoms with Crippen molar-refractivity contribution >= 4 is 23.6 Å². The molecular weight excluding hydrogens is 304 g/mol. The molecule has 1 aromatic carbocycles. The van der Waals surface area contributed by atoms with E-state index in [0.717, 1.165) is 6.07 Å². The van der Waals surface area contributed by atoms with Gasteiger partial charge in [0.15, 0.2) is 11.9 Å².